The molecule has 0 bridgehead atoms. The molecule has 2 N–H and O–H groups in total. The van der Waals surface area contributed by atoms with Gasteiger partial charge < -0.3 is 15.2 Å². The highest BCUT2D eigenvalue weighted by Crippen LogP contribution is 2.34. The van der Waals surface area contributed by atoms with E-state index in [9.17, 15) is 14.9 Å². The van der Waals surface area contributed by atoms with Crippen LogP contribution < -0.4 is 10.6 Å². The van der Waals surface area contributed by atoms with E-state index in [1.807, 2.05) is 47.9 Å². The molecular formula is C24H21N5O3. The number of carbonyl (C=O) groups excluding carboxylic acids is 1. The summed E-state index contributed by atoms with van der Waals surface area (Å²) in [6.07, 6.45) is 0. The third-order valence-electron chi connectivity index (χ3n) is 5.74. The van der Waals surface area contributed by atoms with Crippen LogP contribution in [0.2, 0.25) is 0 Å². The van der Waals surface area contributed by atoms with E-state index in [4.69, 9.17) is 4.98 Å². The number of nitrogens with zero attached hydrogens (tertiary/aromatic N) is 3. The zero-order valence-electron chi connectivity index (χ0n) is 17.5. The number of nitro groups is 1. The van der Waals surface area contributed by atoms with Gasteiger partial charge in [-0.15, -0.1) is 0 Å². The van der Waals surface area contributed by atoms with Crippen LogP contribution in [0.15, 0.2) is 60.7 Å². The summed E-state index contributed by atoms with van der Waals surface area (Å²) in [6.45, 7) is 3.92. The summed E-state index contributed by atoms with van der Waals surface area (Å²) in [7, 11) is 0. The second-order valence-corrected chi connectivity index (χ2v) is 7.81. The van der Waals surface area contributed by atoms with Gasteiger partial charge in [-0.05, 0) is 30.5 Å². The molecule has 8 nitrogen and oxygen atoms in total. The number of aromatic nitrogens is 2. The van der Waals surface area contributed by atoms with E-state index in [0.717, 1.165) is 28.8 Å². The van der Waals surface area contributed by atoms with E-state index in [-0.39, 0.29) is 16.5 Å². The van der Waals surface area contributed by atoms with Crippen molar-refractivity contribution in [3.8, 4) is 11.4 Å². The molecule has 1 aliphatic rings. The summed E-state index contributed by atoms with van der Waals surface area (Å²) in [4.78, 5) is 29.0. The number of non-ortho nitro benzene ring substituents is 1. The summed E-state index contributed by atoms with van der Waals surface area (Å²) in [5, 5.41) is 19.0. The SMILES string of the molecule is Cc1ccc(NC(=O)c2nc(-c3cccc4c([N+](=O)[O-])cccc34)n3c2CNCC3)cc1. The maximum absolute atomic E-state index is 13.1. The Bertz CT molecular complexity index is 1360. The molecule has 32 heavy (non-hydrogen) atoms. The molecule has 1 amide bonds. The molecule has 1 aliphatic heterocycles. The highest BCUT2D eigenvalue weighted by molar-refractivity contribution is 6.05. The molecular weight excluding hydrogens is 406 g/mol. The highest BCUT2D eigenvalue weighted by atomic mass is 16.6. The second kappa shape index (κ2) is 7.90. The second-order valence-electron chi connectivity index (χ2n) is 7.81. The molecule has 4 aromatic rings. The van der Waals surface area contributed by atoms with Crippen molar-refractivity contribution in [2.45, 2.75) is 20.0 Å². The normalized spacial score (nSPS) is 13.0. The zero-order valence-corrected chi connectivity index (χ0v) is 17.5. The third kappa shape index (κ3) is 3.40. The van der Waals surface area contributed by atoms with E-state index < -0.39 is 0 Å². The van der Waals surface area contributed by atoms with Crippen LogP contribution in [0.3, 0.4) is 0 Å². The van der Waals surface area contributed by atoms with Crippen molar-refractivity contribution < 1.29 is 9.72 Å². The Balaban J connectivity index is 1.63. The lowest BCUT2D eigenvalue weighted by atomic mass is 10.0. The molecule has 160 valence electrons. The first-order valence-electron chi connectivity index (χ1n) is 10.4. The van der Waals surface area contributed by atoms with E-state index >= 15 is 0 Å². The molecule has 0 aliphatic carbocycles. The molecule has 2 heterocycles. The van der Waals surface area contributed by atoms with Crippen molar-refractivity contribution in [3.63, 3.8) is 0 Å². The summed E-state index contributed by atoms with van der Waals surface area (Å²) in [5.74, 6) is 0.362. The fourth-order valence-electron chi connectivity index (χ4n) is 4.17. The van der Waals surface area contributed by atoms with Crippen LogP contribution in [0.25, 0.3) is 22.2 Å². The maximum Gasteiger partial charge on any atom is 0.277 e. The van der Waals surface area contributed by atoms with E-state index in [1.165, 1.54) is 6.07 Å². The first-order valence-corrected chi connectivity index (χ1v) is 10.4. The predicted molar refractivity (Wildman–Crippen MR) is 123 cm³/mol. The molecule has 0 atom stereocenters. The Kier molecular flexibility index (Phi) is 4.91. The molecule has 3 aromatic carbocycles. The van der Waals surface area contributed by atoms with E-state index in [2.05, 4.69) is 10.6 Å². The van der Waals surface area contributed by atoms with Gasteiger partial charge >= 0.3 is 0 Å². The van der Waals surface area contributed by atoms with Crippen molar-refractivity contribution in [1.82, 2.24) is 14.9 Å². The van der Waals surface area contributed by atoms with E-state index in [1.54, 1.807) is 18.2 Å². The minimum absolute atomic E-state index is 0.0498. The van der Waals surface area contributed by atoms with Crippen molar-refractivity contribution in [1.29, 1.82) is 0 Å². The van der Waals surface area contributed by atoms with Gasteiger partial charge in [-0.1, -0.05) is 42.0 Å². The third-order valence-corrected chi connectivity index (χ3v) is 5.74. The number of nitrogens with one attached hydrogen (secondary N) is 2. The molecule has 0 saturated heterocycles. The van der Waals surface area contributed by atoms with Crippen molar-refractivity contribution in [3.05, 3.63) is 87.7 Å². The Hall–Kier alpha value is -4.04. The molecule has 0 fully saturated rings. The molecule has 5 rings (SSSR count). The van der Waals surface area contributed by atoms with Crippen molar-refractivity contribution >= 4 is 28.1 Å². The van der Waals surface area contributed by atoms with Crippen LogP contribution in [0.4, 0.5) is 11.4 Å². The minimum atomic E-state index is -0.377. The topological polar surface area (TPSA) is 102 Å². The van der Waals surface area contributed by atoms with Gasteiger partial charge in [0.2, 0.25) is 0 Å². The number of imidazole rings is 1. The predicted octanol–water partition coefficient (Wildman–Crippen LogP) is 4.28. The number of hydrogen-bond donors (Lipinski definition) is 2. The van der Waals surface area contributed by atoms with Gasteiger partial charge in [-0.2, -0.15) is 0 Å². The molecule has 1 aromatic heterocycles. The molecule has 0 saturated carbocycles. The summed E-state index contributed by atoms with van der Waals surface area (Å²) in [6, 6.07) is 18.1. The van der Waals surface area contributed by atoms with Gasteiger partial charge in [0.15, 0.2) is 5.69 Å². The van der Waals surface area contributed by atoms with Crippen LogP contribution >= 0.6 is 0 Å². The Morgan fingerprint density at radius 1 is 1.09 bits per heavy atom. The fraction of sp³-hybridized carbons (Fsp3) is 0.167. The quantitative estimate of drug-likeness (QED) is 0.374. The van der Waals surface area contributed by atoms with Crippen LogP contribution in [0, 0.1) is 17.0 Å². The molecule has 0 spiro atoms. The summed E-state index contributed by atoms with van der Waals surface area (Å²) < 4.78 is 2.04. The maximum atomic E-state index is 13.1. The highest BCUT2D eigenvalue weighted by Gasteiger charge is 2.26. The summed E-state index contributed by atoms with van der Waals surface area (Å²) in [5.41, 5.74) is 3.79. The number of anilines is 1. The van der Waals surface area contributed by atoms with Gasteiger partial charge in [-0.25, -0.2) is 4.98 Å². The van der Waals surface area contributed by atoms with Crippen LogP contribution in [-0.2, 0) is 13.1 Å². The van der Waals surface area contributed by atoms with Gasteiger partial charge in [0.05, 0.1) is 16.0 Å². The monoisotopic (exact) mass is 427 g/mol. The van der Waals surface area contributed by atoms with Crippen molar-refractivity contribution in [2.24, 2.45) is 0 Å². The van der Waals surface area contributed by atoms with Gasteiger partial charge in [0.1, 0.15) is 5.82 Å². The number of carbonyl (C=O) groups is 1. The van der Waals surface area contributed by atoms with Gasteiger partial charge in [0, 0.05) is 37.0 Å². The Morgan fingerprint density at radius 3 is 2.62 bits per heavy atom. The average Bonchev–Trinajstić information content (AvgIpc) is 3.19. The Labute approximate surface area is 184 Å². The number of fused-ring (bicyclic) bond motifs is 2. The van der Waals surface area contributed by atoms with Gasteiger partial charge in [-0.3, -0.25) is 14.9 Å². The van der Waals surface area contributed by atoms with Crippen LogP contribution in [0.1, 0.15) is 21.7 Å². The molecule has 0 radical (unpaired) electrons. The zero-order chi connectivity index (χ0) is 22.2. The lowest BCUT2D eigenvalue weighted by Gasteiger charge is -2.19. The first kappa shape index (κ1) is 19.9. The smallest absolute Gasteiger partial charge is 0.277 e. The number of amides is 1. The number of aryl methyl sites for hydroxylation is 1. The Morgan fingerprint density at radius 2 is 1.84 bits per heavy atom. The first-order chi connectivity index (χ1) is 15.5. The molecule has 0 unspecified atom stereocenters. The fourth-order valence-corrected chi connectivity index (χ4v) is 4.17. The average molecular weight is 427 g/mol. The van der Waals surface area contributed by atoms with Crippen molar-refractivity contribution in [2.75, 3.05) is 11.9 Å². The van der Waals surface area contributed by atoms with Crippen LogP contribution in [-0.4, -0.2) is 26.9 Å². The van der Waals surface area contributed by atoms with E-state index in [0.29, 0.717) is 35.7 Å². The minimum Gasteiger partial charge on any atom is -0.325 e. The summed E-state index contributed by atoms with van der Waals surface area (Å²) >= 11 is 0. The standard InChI is InChI=1S/C24H21N5O3/c1-15-8-10-16(11-9-15)26-24(30)22-21-14-25-12-13-28(21)23(27-22)19-6-2-5-18-17(19)4-3-7-20(18)29(31)32/h2-11,25H,12-14H2,1H3,(H,26,30). The number of nitro benzene ring substituents is 1. The number of hydrogen-bond acceptors (Lipinski definition) is 5. The number of benzene rings is 3. The van der Waals surface area contributed by atoms with Crippen LogP contribution in [0.5, 0.6) is 0 Å². The largest absolute Gasteiger partial charge is 0.325 e. The molecule has 8 heteroatoms. The number of rotatable bonds is 4. The van der Waals surface area contributed by atoms with Gasteiger partial charge in [0.25, 0.3) is 11.6 Å². The lowest BCUT2D eigenvalue weighted by molar-refractivity contribution is -0.383. The lowest BCUT2D eigenvalue weighted by Crippen LogP contribution is -2.29.